The largest absolute Gasteiger partial charge is 0.356 e. The van der Waals surface area contributed by atoms with E-state index in [1.54, 1.807) is 12.4 Å². The van der Waals surface area contributed by atoms with Crippen molar-refractivity contribution in [2.75, 3.05) is 13.1 Å². The van der Waals surface area contributed by atoms with Crippen molar-refractivity contribution in [3.8, 4) is 0 Å². The fraction of sp³-hybridized carbons (Fsp3) is 0.571. The first-order valence-electron chi connectivity index (χ1n) is 6.58. The van der Waals surface area contributed by atoms with Gasteiger partial charge in [0.05, 0.1) is 0 Å². The molecule has 0 radical (unpaired) electrons. The van der Waals surface area contributed by atoms with Gasteiger partial charge in [-0.15, -0.1) is 0 Å². The Morgan fingerprint density at radius 1 is 1.39 bits per heavy atom. The summed E-state index contributed by atoms with van der Waals surface area (Å²) in [6.07, 6.45) is 6.89. The molecule has 0 aliphatic carbocycles. The molecular weight excluding hydrogens is 226 g/mol. The number of nitrogens with zero attached hydrogens (tertiary/aromatic N) is 1. The molecule has 1 aromatic heterocycles. The van der Waals surface area contributed by atoms with Gasteiger partial charge in [-0.1, -0.05) is 6.92 Å². The molecule has 4 nitrogen and oxygen atoms in total. The minimum Gasteiger partial charge on any atom is -0.356 e. The Kier molecular flexibility index (Phi) is 7.03. The molecule has 1 rings (SSSR count). The molecule has 1 unspecified atom stereocenters. The summed E-state index contributed by atoms with van der Waals surface area (Å²) in [7, 11) is 0. The minimum atomic E-state index is 0.132. The maximum atomic E-state index is 11.6. The highest BCUT2D eigenvalue weighted by Gasteiger charge is 2.05. The van der Waals surface area contributed by atoms with Gasteiger partial charge in [0.1, 0.15) is 0 Å². The van der Waals surface area contributed by atoms with Gasteiger partial charge < -0.3 is 11.1 Å². The van der Waals surface area contributed by atoms with Crippen molar-refractivity contribution < 1.29 is 4.79 Å². The average Bonchev–Trinajstić information content (AvgIpc) is 2.38. The molecule has 0 aromatic carbocycles. The van der Waals surface area contributed by atoms with Gasteiger partial charge in [-0.25, -0.2) is 0 Å². The van der Waals surface area contributed by atoms with Crippen molar-refractivity contribution in [1.82, 2.24) is 10.3 Å². The number of amides is 1. The maximum absolute atomic E-state index is 11.6. The van der Waals surface area contributed by atoms with Crippen LogP contribution in [0.1, 0.15) is 31.7 Å². The van der Waals surface area contributed by atoms with Crippen LogP contribution in [0.15, 0.2) is 24.5 Å². The van der Waals surface area contributed by atoms with Gasteiger partial charge in [-0.3, -0.25) is 9.78 Å². The highest BCUT2D eigenvalue weighted by Crippen LogP contribution is 2.08. The van der Waals surface area contributed by atoms with Gasteiger partial charge in [0.2, 0.25) is 5.91 Å². The molecule has 0 spiro atoms. The summed E-state index contributed by atoms with van der Waals surface area (Å²) >= 11 is 0. The number of hydrogen-bond donors (Lipinski definition) is 2. The van der Waals surface area contributed by atoms with E-state index in [2.05, 4.69) is 17.2 Å². The van der Waals surface area contributed by atoms with Crippen LogP contribution in [-0.2, 0) is 11.2 Å². The molecule has 1 heterocycles. The number of carbonyl (C=O) groups is 1. The zero-order valence-corrected chi connectivity index (χ0v) is 11.1. The summed E-state index contributed by atoms with van der Waals surface area (Å²) in [5, 5.41) is 2.94. The van der Waals surface area contributed by atoms with Gasteiger partial charge in [0.15, 0.2) is 0 Å². The standard InChI is InChI=1S/C14H23N3O/c1-12(4-8-15)2-3-14(18)17-11-7-13-5-9-16-10-6-13/h5-6,9-10,12H,2-4,7-8,11,15H2,1H3,(H,17,18). The van der Waals surface area contributed by atoms with E-state index in [4.69, 9.17) is 5.73 Å². The van der Waals surface area contributed by atoms with Gasteiger partial charge >= 0.3 is 0 Å². The van der Waals surface area contributed by atoms with E-state index in [0.717, 1.165) is 19.3 Å². The van der Waals surface area contributed by atoms with Crippen molar-refractivity contribution in [2.24, 2.45) is 11.7 Å². The van der Waals surface area contributed by atoms with Gasteiger partial charge in [0, 0.05) is 25.4 Å². The summed E-state index contributed by atoms with van der Waals surface area (Å²) in [5.41, 5.74) is 6.67. The third-order valence-electron chi connectivity index (χ3n) is 3.01. The SMILES string of the molecule is CC(CCN)CCC(=O)NCCc1ccncc1. The molecular formula is C14H23N3O. The summed E-state index contributed by atoms with van der Waals surface area (Å²) in [6.45, 7) is 3.52. The number of rotatable bonds is 8. The molecule has 1 aromatic rings. The molecule has 0 fully saturated rings. The van der Waals surface area contributed by atoms with Crippen molar-refractivity contribution in [3.05, 3.63) is 30.1 Å². The molecule has 0 bridgehead atoms. The lowest BCUT2D eigenvalue weighted by Crippen LogP contribution is -2.26. The van der Waals surface area contributed by atoms with Crippen molar-refractivity contribution in [1.29, 1.82) is 0 Å². The van der Waals surface area contributed by atoms with Crippen molar-refractivity contribution in [2.45, 2.75) is 32.6 Å². The Labute approximate surface area is 109 Å². The Morgan fingerprint density at radius 2 is 2.11 bits per heavy atom. The van der Waals surface area contributed by atoms with Gasteiger partial charge in [-0.05, 0) is 49.4 Å². The van der Waals surface area contributed by atoms with E-state index in [9.17, 15) is 4.79 Å². The summed E-state index contributed by atoms with van der Waals surface area (Å²) in [5.74, 6) is 0.661. The highest BCUT2D eigenvalue weighted by atomic mass is 16.1. The lowest BCUT2D eigenvalue weighted by molar-refractivity contribution is -0.121. The number of nitrogens with one attached hydrogen (secondary N) is 1. The van der Waals surface area contributed by atoms with Crippen LogP contribution in [0.25, 0.3) is 0 Å². The first-order chi connectivity index (χ1) is 8.72. The van der Waals surface area contributed by atoms with Crippen LogP contribution < -0.4 is 11.1 Å². The van der Waals surface area contributed by atoms with E-state index >= 15 is 0 Å². The van der Waals surface area contributed by atoms with Gasteiger partial charge in [0.25, 0.3) is 0 Å². The highest BCUT2D eigenvalue weighted by molar-refractivity contribution is 5.75. The van der Waals surface area contributed by atoms with Crippen molar-refractivity contribution in [3.63, 3.8) is 0 Å². The fourth-order valence-electron chi connectivity index (χ4n) is 1.79. The van der Waals surface area contributed by atoms with Crippen LogP contribution >= 0.6 is 0 Å². The molecule has 1 amide bonds. The predicted octanol–water partition coefficient (Wildman–Crippen LogP) is 1.51. The molecule has 18 heavy (non-hydrogen) atoms. The molecule has 0 saturated heterocycles. The molecule has 1 atom stereocenters. The van der Waals surface area contributed by atoms with Crippen molar-refractivity contribution >= 4 is 5.91 Å². The Balaban J connectivity index is 2.10. The zero-order chi connectivity index (χ0) is 13.2. The first-order valence-corrected chi connectivity index (χ1v) is 6.58. The quantitative estimate of drug-likeness (QED) is 0.733. The first kappa shape index (κ1) is 14.6. The predicted molar refractivity (Wildman–Crippen MR) is 73.0 cm³/mol. The summed E-state index contributed by atoms with van der Waals surface area (Å²) in [6, 6.07) is 3.94. The Morgan fingerprint density at radius 3 is 2.78 bits per heavy atom. The smallest absolute Gasteiger partial charge is 0.220 e. The van der Waals surface area contributed by atoms with Crippen LogP contribution in [0, 0.1) is 5.92 Å². The van der Waals surface area contributed by atoms with Crippen LogP contribution in [0.3, 0.4) is 0 Å². The van der Waals surface area contributed by atoms with E-state index in [1.165, 1.54) is 5.56 Å². The number of hydrogen-bond acceptors (Lipinski definition) is 3. The molecule has 100 valence electrons. The lowest BCUT2D eigenvalue weighted by Gasteiger charge is -2.09. The molecule has 4 heteroatoms. The second-order valence-corrected chi connectivity index (χ2v) is 4.68. The van der Waals surface area contributed by atoms with Crippen LogP contribution in [-0.4, -0.2) is 24.0 Å². The van der Waals surface area contributed by atoms with E-state index in [1.807, 2.05) is 12.1 Å². The van der Waals surface area contributed by atoms with Gasteiger partial charge in [-0.2, -0.15) is 0 Å². The molecule has 0 aliphatic heterocycles. The maximum Gasteiger partial charge on any atom is 0.220 e. The zero-order valence-electron chi connectivity index (χ0n) is 11.1. The minimum absolute atomic E-state index is 0.132. The third-order valence-corrected chi connectivity index (χ3v) is 3.01. The number of carbonyl (C=O) groups excluding carboxylic acids is 1. The second kappa shape index (κ2) is 8.64. The lowest BCUT2D eigenvalue weighted by atomic mass is 10.0. The average molecular weight is 249 g/mol. The van der Waals surface area contributed by atoms with E-state index in [-0.39, 0.29) is 5.91 Å². The van der Waals surface area contributed by atoms with Crippen LogP contribution in [0.2, 0.25) is 0 Å². The third kappa shape index (κ3) is 6.35. The Bertz CT molecular complexity index is 340. The van der Waals surface area contributed by atoms with Crippen LogP contribution in [0.4, 0.5) is 0 Å². The van der Waals surface area contributed by atoms with E-state index in [0.29, 0.717) is 25.4 Å². The Hall–Kier alpha value is -1.42. The summed E-state index contributed by atoms with van der Waals surface area (Å²) < 4.78 is 0. The molecule has 3 N–H and O–H groups in total. The topological polar surface area (TPSA) is 68.0 Å². The normalized spacial score (nSPS) is 12.1. The number of aromatic nitrogens is 1. The molecule has 0 saturated carbocycles. The number of nitrogens with two attached hydrogens (primary N) is 1. The second-order valence-electron chi connectivity index (χ2n) is 4.68. The summed E-state index contributed by atoms with van der Waals surface area (Å²) in [4.78, 5) is 15.5. The molecule has 0 aliphatic rings. The van der Waals surface area contributed by atoms with Crippen LogP contribution in [0.5, 0.6) is 0 Å². The fourth-order valence-corrected chi connectivity index (χ4v) is 1.79. The monoisotopic (exact) mass is 249 g/mol. The van der Waals surface area contributed by atoms with E-state index < -0.39 is 0 Å². The number of pyridine rings is 1.